The SMILES string of the molecule is CCCOc1ccc(C(O)c2c(F)cc(F)cc2F)cc1. The van der Waals surface area contributed by atoms with Crippen molar-refractivity contribution in [3.63, 3.8) is 0 Å². The first-order valence-electron chi connectivity index (χ1n) is 6.58. The molecule has 1 unspecified atom stereocenters. The molecule has 2 aromatic carbocycles. The summed E-state index contributed by atoms with van der Waals surface area (Å²) in [5.74, 6) is -2.66. The standard InChI is InChI=1S/C16H15F3O2/c1-2-7-21-12-5-3-10(4-6-12)16(20)15-13(18)8-11(17)9-14(15)19/h3-6,8-9,16,20H,2,7H2,1H3. The molecule has 0 aliphatic heterocycles. The van der Waals surface area contributed by atoms with Crippen molar-refractivity contribution in [1.29, 1.82) is 0 Å². The molecule has 0 aromatic heterocycles. The predicted molar refractivity (Wildman–Crippen MR) is 72.6 cm³/mol. The molecule has 0 saturated carbocycles. The van der Waals surface area contributed by atoms with Gasteiger partial charge in [-0.2, -0.15) is 0 Å². The fourth-order valence-electron chi connectivity index (χ4n) is 1.95. The van der Waals surface area contributed by atoms with Crippen molar-refractivity contribution in [2.45, 2.75) is 19.4 Å². The van der Waals surface area contributed by atoms with Crippen molar-refractivity contribution >= 4 is 0 Å². The second-order valence-corrected chi connectivity index (χ2v) is 4.60. The summed E-state index contributed by atoms with van der Waals surface area (Å²) < 4.78 is 45.5. The van der Waals surface area contributed by atoms with Crippen molar-refractivity contribution < 1.29 is 23.0 Å². The number of rotatable bonds is 5. The van der Waals surface area contributed by atoms with Gasteiger partial charge in [-0.1, -0.05) is 19.1 Å². The van der Waals surface area contributed by atoms with Gasteiger partial charge in [0.05, 0.1) is 12.2 Å². The fraction of sp³-hybridized carbons (Fsp3) is 0.250. The second kappa shape index (κ2) is 6.63. The van der Waals surface area contributed by atoms with E-state index in [1.807, 2.05) is 6.92 Å². The van der Waals surface area contributed by atoms with E-state index in [4.69, 9.17) is 4.74 Å². The minimum absolute atomic E-state index is 0.295. The van der Waals surface area contributed by atoms with E-state index in [0.717, 1.165) is 6.42 Å². The molecule has 0 radical (unpaired) electrons. The molecular formula is C16H15F3O2. The lowest BCUT2D eigenvalue weighted by molar-refractivity contribution is 0.208. The molecule has 5 heteroatoms. The molecule has 0 spiro atoms. The average molecular weight is 296 g/mol. The van der Waals surface area contributed by atoms with Gasteiger partial charge in [0.1, 0.15) is 29.3 Å². The van der Waals surface area contributed by atoms with Crippen LogP contribution in [-0.4, -0.2) is 11.7 Å². The van der Waals surface area contributed by atoms with Crippen LogP contribution < -0.4 is 4.74 Å². The third-order valence-corrected chi connectivity index (χ3v) is 2.99. The highest BCUT2D eigenvalue weighted by Crippen LogP contribution is 2.28. The number of hydrogen-bond acceptors (Lipinski definition) is 2. The smallest absolute Gasteiger partial charge is 0.135 e. The molecule has 0 fully saturated rings. The molecule has 2 nitrogen and oxygen atoms in total. The molecule has 21 heavy (non-hydrogen) atoms. The molecule has 2 aromatic rings. The number of halogens is 3. The molecule has 1 N–H and O–H groups in total. The van der Waals surface area contributed by atoms with Crippen LogP contribution in [-0.2, 0) is 0 Å². The Morgan fingerprint density at radius 3 is 2.14 bits per heavy atom. The Bertz CT molecular complexity index is 588. The number of aliphatic hydroxyl groups excluding tert-OH is 1. The fourth-order valence-corrected chi connectivity index (χ4v) is 1.95. The van der Waals surface area contributed by atoms with Gasteiger partial charge in [-0.25, -0.2) is 13.2 Å². The molecule has 112 valence electrons. The highest BCUT2D eigenvalue weighted by molar-refractivity contribution is 5.35. The van der Waals surface area contributed by atoms with Crippen LogP contribution in [0.15, 0.2) is 36.4 Å². The van der Waals surface area contributed by atoms with Gasteiger partial charge in [0.15, 0.2) is 0 Å². The summed E-state index contributed by atoms with van der Waals surface area (Å²) in [6.07, 6.45) is -0.651. The Labute approximate surface area is 120 Å². The predicted octanol–water partition coefficient (Wildman–Crippen LogP) is 3.97. The lowest BCUT2D eigenvalue weighted by atomic mass is 10.0. The number of ether oxygens (including phenoxy) is 1. The highest BCUT2D eigenvalue weighted by atomic mass is 19.1. The van der Waals surface area contributed by atoms with Gasteiger partial charge >= 0.3 is 0 Å². The van der Waals surface area contributed by atoms with Gasteiger partial charge in [-0.05, 0) is 24.1 Å². The van der Waals surface area contributed by atoms with E-state index in [1.54, 1.807) is 12.1 Å². The zero-order valence-corrected chi connectivity index (χ0v) is 11.4. The minimum atomic E-state index is -1.51. The summed E-state index contributed by atoms with van der Waals surface area (Å²) >= 11 is 0. The summed E-state index contributed by atoms with van der Waals surface area (Å²) in [5, 5.41) is 10.1. The Kier molecular flexibility index (Phi) is 4.85. The van der Waals surface area contributed by atoms with Crippen molar-refractivity contribution in [2.24, 2.45) is 0 Å². The first kappa shape index (κ1) is 15.4. The van der Waals surface area contributed by atoms with Gasteiger partial charge in [-0.3, -0.25) is 0 Å². The van der Waals surface area contributed by atoms with Gasteiger partial charge in [-0.15, -0.1) is 0 Å². The summed E-state index contributed by atoms with van der Waals surface area (Å²) in [6, 6.07) is 7.32. The van der Waals surface area contributed by atoms with Crippen LogP contribution in [0.25, 0.3) is 0 Å². The molecule has 0 aliphatic rings. The third kappa shape index (κ3) is 3.55. The summed E-state index contributed by atoms with van der Waals surface area (Å²) in [4.78, 5) is 0. The molecule has 0 saturated heterocycles. The Morgan fingerprint density at radius 1 is 1.05 bits per heavy atom. The van der Waals surface area contributed by atoms with Crippen molar-refractivity contribution in [1.82, 2.24) is 0 Å². The Hall–Kier alpha value is -2.01. The first-order valence-corrected chi connectivity index (χ1v) is 6.58. The zero-order chi connectivity index (χ0) is 15.4. The number of aliphatic hydroxyl groups is 1. The molecule has 1 atom stereocenters. The van der Waals surface area contributed by atoms with Gasteiger partial charge in [0.2, 0.25) is 0 Å². The van der Waals surface area contributed by atoms with Crippen molar-refractivity contribution in [3.8, 4) is 5.75 Å². The monoisotopic (exact) mass is 296 g/mol. The quantitative estimate of drug-likeness (QED) is 0.904. The Balaban J connectivity index is 2.26. The van der Waals surface area contributed by atoms with Crippen LogP contribution in [0, 0.1) is 17.5 Å². The molecule has 0 aliphatic carbocycles. The number of hydrogen-bond donors (Lipinski definition) is 1. The third-order valence-electron chi connectivity index (χ3n) is 2.99. The maximum atomic E-state index is 13.6. The molecule has 0 amide bonds. The first-order chi connectivity index (χ1) is 10.0. The molecule has 2 rings (SSSR count). The average Bonchev–Trinajstić information content (AvgIpc) is 2.44. The molecule has 0 bridgehead atoms. The van der Waals surface area contributed by atoms with Crippen LogP contribution in [0.1, 0.15) is 30.6 Å². The summed E-state index contributed by atoms with van der Waals surface area (Å²) in [6.45, 7) is 2.53. The van der Waals surface area contributed by atoms with E-state index in [-0.39, 0.29) is 0 Å². The van der Waals surface area contributed by atoms with Crippen molar-refractivity contribution in [3.05, 3.63) is 65.0 Å². The van der Waals surface area contributed by atoms with E-state index in [0.29, 0.717) is 30.1 Å². The maximum Gasteiger partial charge on any atom is 0.135 e. The van der Waals surface area contributed by atoms with Gasteiger partial charge < -0.3 is 9.84 Å². The van der Waals surface area contributed by atoms with E-state index >= 15 is 0 Å². The topological polar surface area (TPSA) is 29.5 Å². The van der Waals surface area contributed by atoms with Crippen LogP contribution >= 0.6 is 0 Å². The van der Waals surface area contributed by atoms with Gasteiger partial charge in [0.25, 0.3) is 0 Å². The summed E-state index contributed by atoms with van der Waals surface area (Å²) in [5.41, 5.74) is -0.276. The largest absolute Gasteiger partial charge is 0.494 e. The highest BCUT2D eigenvalue weighted by Gasteiger charge is 2.21. The summed E-state index contributed by atoms with van der Waals surface area (Å²) in [7, 11) is 0. The van der Waals surface area contributed by atoms with E-state index in [1.165, 1.54) is 12.1 Å². The normalized spacial score (nSPS) is 12.2. The van der Waals surface area contributed by atoms with Crippen molar-refractivity contribution in [2.75, 3.05) is 6.61 Å². The maximum absolute atomic E-state index is 13.6. The lowest BCUT2D eigenvalue weighted by Crippen LogP contribution is -2.06. The molecule has 0 heterocycles. The van der Waals surface area contributed by atoms with Crippen LogP contribution in [0.5, 0.6) is 5.75 Å². The van der Waals surface area contributed by atoms with E-state index in [9.17, 15) is 18.3 Å². The minimum Gasteiger partial charge on any atom is -0.494 e. The van der Waals surface area contributed by atoms with E-state index in [2.05, 4.69) is 0 Å². The lowest BCUT2D eigenvalue weighted by Gasteiger charge is -2.14. The zero-order valence-electron chi connectivity index (χ0n) is 11.4. The van der Waals surface area contributed by atoms with Crippen LogP contribution in [0.3, 0.4) is 0 Å². The van der Waals surface area contributed by atoms with Crippen LogP contribution in [0.4, 0.5) is 13.2 Å². The molecular weight excluding hydrogens is 281 g/mol. The van der Waals surface area contributed by atoms with Gasteiger partial charge in [0, 0.05) is 12.1 Å². The Morgan fingerprint density at radius 2 is 1.62 bits per heavy atom. The number of benzene rings is 2. The second-order valence-electron chi connectivity index (χ2n) is 4.60. The van der Waals surface area contributed by atoms with Crippen LogP contribution in [0.2, 0.25) is 0 Å². The van der Waals surface area contributed by atoms with E-state index < -0.39 is 29.1 Å².